The highest BCUT2D eigenvalue weighted by Gasteiger charge is 2.25. The van der Waals surface area contributed by atoms with Crippen molar-refractivity contribution in [1.82, 2.24) is 0 Å². The largest absolute Gasteiger partial charge is 0.381 e. The molecule has 1 aliphatic heterocycles. The van der Waals surface area contributed by atoms with Crippen LogP contribution in [0.25, 0.3) is 0 Å². The van der Waals surface area contributed by atoms with Gasteiger partial charge in [-0.05, 0) is 12.0 Å². The fourth-order valence-corrected chi connectivity index (χ4v) is 1.55. The molecule has 0 bridgehead atoms. The minimum absolute atomic E-state index is 0.260. The van der Waals surface area contributed by atoms with Gasteiger partial charge in [0, 0.05) is 12.0 Å². The van der Waals surface area contributed by atoms with Crippen LogP contribution in [0.4, 0.5) is 0 Å². The third kappa shape index (κ3) is 2.08. The monoisotopic (exact) mass is 177 g/mol. The molecule has 0 aliphatic carbocycles. The van der Waals surface area contributed by atoms with E-state index in [4.69, 9.17) is 10.5 Å². The predicted molar refractivity (Wildman–Crippen MR) is 52.4 cm³/mol. The summed E-state index contributed by atoms with van der Waals surface area (Å²) >= 11 is 0. The van der Waals surface area contributed by atoms with Crippen molar-refractivity contribution in [3.8, 4) is 0 Å². The topological polar surface area (TPSA) is 35.2 Å². The molecule has 70 valence electrons. The minimum Gasteiger partial charge on any atom is -0.381 e. The standard InChI is InChI=1S/C11H15NO/c12-11(10-7-13-8-10)6-9-4-2-1-3-5-9/h1-5,10-11H,6-8,12H2/t11-/m0/s1. The fourth-order valence-electron chi connectivity index (χ4n) is 1.55. The van der Waals surface area contributed by atoms with E-state index in [0.29, 0.717) is 5.92 Å². The molecule has 0 radical (unpaired) electrons. The molecule has 1 saturated heterocycles. The quantitative estimate of drug-likeness (QED) is 0.753. The molecule has 1 aromatic rings. The Labute approximate surface area is 78.7 Å². The first-order valence-corrected chi connectivity index (χ1v) is 4.73. The van der Waals surface area contributed by atoms with Gasteiger partial charge in [-0.1, -0.05) is 30.3 Å². The fraction of sp³-hybridized carbons (Fsp3) is 0.455. The molecule has 2 nitrogen and oxygen atoms in total. The Kier molecular flexibility index (Phi) is 2.62. The van der Waals surface area contributed by atoms with Gasteiger partial charge in [0.25, 0.3) is 0 Å². The van der Waals surface area contributed by atoms with Gasteiger partial charge in [-0.25, -0.2) is 0 Å². The minimum atomic E-state index is 0.260. The molecule has 1 atom stereocenters. The van der Waals surface area contributed by atoms with Gasteiger partial charge in [0.2, 0.25) is 0 Å². The van der Waals surface area contributed by atoms with Crippen LogP contribution in [0.2, 0.25) is 0 Å². The summed E-state index contributed by atoms with van der Waals surface area (Å²) in [5.41, 5.74) is 7.35. The highest BCUT2D eigenvalue weighted by Crippen LogP contribution is 2.16. The summed E-state index contributed by atoms with van der Waals surface area (Å²) in [6.07, 6.45) is 0.967. The summed E-state index contributed by atoms with van der Waals surface area (Å²) in [5.74, 6) is 0.570. The summed E-state index contributed by atoms with van der Waals surface area (Å²) in [5, 5.41) is 0. The molecule has 1 fully saturated rings. The Hall–Kier alpha value is -0.860. The van der Waals surface area contributed by atoms with E-state index in [0.717, 1.165) is 19.6 Å². The lowest BCUT2D eigenvalue weighted by molar-refractivity contribution is -0.0434. The Morgan fingerprint density at radius 2 is 2.00 bits per heavy atom. The van der Waals surface area contributed by atoms with Crippen molar-refractivity contribution in [2.24, 2.45) is 11.7 Å². The number of ether oxygens (including phenoxy) is 1. The van der Waals surface area contributed by atoms with Gasteiger partial charge >= 0.3 is 0 Å². The van der Waals surface area contributed by atoms with Gasteiger partial charge in [-0.2, -0.15) is 0 Å². The van der Waals surface area contributed by atoms with E-state index >= 15 is 0 Å². The van der Waals surface area contributed by atoms with Gasteiger partial charge in [-0.3, -0.25) is 0 Å². The van der Waals surface area contributed by atoms with Crippen molar-refractivity contribution in [1.29, 1.82) is 0 Å². The molecule has 0 aromatic heterocycles. The van der Waals surface area contributed by atoms with Gasteiger partial charge < -0.3 is 10.5 Å². The number of hydrogen-bond acceptors (Lipinski definition) is 2. The number of hydrogen-bond donors (Lipinski definition) is 1. The third-order valence-corrected chi connectivity index (χ3v) is 2.58. The lowest BCUT2D eigenvalue weighted by Crippen LogP contribution is -2.44. The first-order valence-electron chi connectivity index (χ1n) is 4.73. The molecule has 0 saturated carbocycles. The average molecular weight is 177 g/mol. The number of rotatable bonds is 3. The van der Waals surface area contributed by atoms with Crippen LogP contribution >= 0.6 is 0 Å². The van der Waals surface area contributed by atoms with E-state index in [2.05, 4.69) is 24.3 Å². The van der Waals surface area contributed by atoms with Crippen molar-refractivity contribution in [3.63, 3.8) is 0 Å². The average Bonchev–Trinajstić information content (AvgIpc) is 2.02. The zero-order chi connectivity index (χ0) is 9.10. The lowest BCUT2D eigenvalue weighted by Gasteiger charge is -2.31. The number of benzene rings is 1. The second-order valence-electron chi connectivity index (χ2n) is 3.65. The Balaban J connectivity index is 1.90. The SMILES string of the molecule is N[C@@H](Cc1ccccc1)C1COC1. The van der Waals surface area contributed by atoms with E-state index in [1.807, 2.05) is 6.07 Å². The predicted octanol–water partition coefficient (Wildman–Crippen LogP) is 1.20. The number of nitrogens with two attached hydrogens (primary N) is 1. The van der Waals surface area contributed by atoms with Crippen molar-refractivity contribution in [2.45, 2.75) is 12.5 Å². The maximum absolute atomic E-state index is 6.03. The molecule has 2 heteroatoms. The molecule has 0 spiro atoms. The first kappa shape index (κ1) is 8.73. The first-order chi connectivity index (χ1) is 6.36. The Bertz CT molecular complexity index is 256. The summed E-state index contributed by atoms with van der Waals surface area (Å²) in [6, 6.07) is 10.6. The zero-order valence-corrected chi connectivity index (χ0v) is 7.65. The molecular weight excluding hydrogens is 162 g/mol. The second-order valence-corrected chi connectivity index (χ2v) is 3.65. The summed E-state index contributed by atoms with van der Waals surface area (Å²) in [6.45, 7) is 1.68. The lowest BCUT2D eigenvalue weighted by atomic mass is 9.93. The molecule has 1 heterocycles. The van der Waals surface area contributed by atoms with Crippen LogP contribution < -0.4 is 5.73 Å². The maximum atomic E-state index is 6.03. The van der Waals surface area contributed by atoms with Crippen LogP contribution in [0.5, 0.6) is 0 Å². The third-order valence-electron chi connectivity index (χ3n) is 2.58. The smallest absolute Gasteiger partial charge is 0.0531 e. The van der Waals surface area contributed by atoms with Crippen LogP contribution in [0.1, 0.15) is 5.56 Å². The molecule has 2 N–H and O–H groups in total. The summed E-state index contributed by atoms with van der Waals surface area (Å²) in [7, 11) is 0. The van der Waals surface area contributed by atoms with Crippen LogP contribution in [0, 0.1) is 5.92 Å². The second kappa shape index (κ2) is 3.90. The van der Waals surface area contributed by atoms with Gasteiger partial charge in [0.1, 0.15) is 0 Å². The van der Waals surface area contributed by atoms with Gasteiger partial charge in [0.05, 0.1) is 13.2 Å². The van der Waals surface area contributed by atoms with Crippen molar-refractivity contribution < 1.29 is 4.74 Å². The highest BCUT2D eigenvalue weighted by molar-refractivity contribution is 5.16. The Morgan fingerprint density at radius 1 is 1.31 bits per heavy atom. The molecule has 13 heavy (non-hydrogen) atoms. The molecule has 2 rings (SSSR count). The van der Waals surface area contributed by atoms with Crippen LogP contribution in [0.15, 0.2) is 30.3 Å². The van der Waals surface area contributed by atoms with Crippen molar-refractivity contribution in [3.05, 3.63) is 35.9 Å². The molecule has 1 aliphatic rings. The Morgan fingerprint density at radius 3 is 2.54 bits per heavy atom. The van der Waals surface area contributed by atoms with E-state index < -0.39 is 0 Å². The highest BCUT2D eigenvalue weighted by atomic mass is 16.5. The summed E-state index contributed by atoms with van der Waals surface area (Å²) in [4.78, 5) is 0. The van der Waals surface area contributed by atoms with Crippen LogP contribution in [-0.4, -0.2) is 19.3 Å². The van der Waals surface area contributed by atoms with Crippen LogP contribution in [0.3, 0.4) is 0 Å². The van der Waals surface area contributed by atoms with Crippen molar-refractivity contribution in [2.75, 3.05) is 13.2 Å². The van der Waals surface area contributed by atoms with Gasteiger partial charge in [-0.15, -0.1) is 0 Å². The van der Waals surface area contributed by atoms with E-state index in [1.165, 1.54) is 5.56 Å². The molecule has 0 amide bonds. The van der Waals surface area contributed by atoms with Gasteiger partial charge in [0.15, 0.2) is 0 Å². The van der Waals surface area contributed by atoms with Crippen molar-refractivity contribution >= 4 is 0 Å². The maximum Gasteiger partial charge on any atom is 0.0531 e. The van der Waals surface area contributed by atoms with E-state index in [1.54, 1.807) is 0 Å². The molecule has 0 unspecified atom stereocenters. The van der Waals surface area contributed by atoms with Crippen LogP contribution in [-0.2, 0) is 11.2 Å². The molecular formula is C11H15NO. The van der Waals surface area contributed by atoms with E-state index in [-0.39, 0.29) is 6.04 Å². The molecule has 1 aromatic carbocycles. The van der Waals surface area contributed by atoms with E-state index in [9.17, 15) is 0 Å². The normalized spacial score (nSPS) is 19.5. The summed E-state index contributed by atoms with van der Waals surface area (Å²) < 4.78 is 5.11. The zero-order valence-electron chi connectivity index (χ0n) is 7.65.